The molecule has 4 rings (SSSR count). The number of carbonyl (C=O) groups is 3. The molecule has 0 aliphatic heterocycles. The van der Waals surface area contributed by atoms with E-state index in [9.17, 15) is 24.6 Å². The number of Topliss-reactive ketones (excluding diaryl/α,β-unsaturated/α-hetero) is 2. The van der Waals surface area contributed by atoms with Crippen LogP contribution in [0.15, 0.2) is 34.8 Å². The molecule has 3 atom stereocenters. The number of anilines is 1. The summed E-state index contributed by atoms with van der Waals surface area (Å²) in [5.41, 5.74) is 8.35. The summed E-state index contributed by atoms with van der Waals surface area (Å²) in [6.45, 7) is 1.86. The van der Waals surface area contributed by atoms with Gasteiger partial charge in [0.15, 0.2) is 11.6 Å². The van der Waals surface area contributed by atoms with Crippen LogP contribution in [0, 0.1) is 24.7 Å². The largest absolute Gasteiger partial charge is 0.511 e. The molecule has 29 heavy (non-hydrogen) atoms. The van der Waals surface area contributed by atoms with E-state index >= 15 is 0 Å². The quantitative estimate of drug-likeness (QED) is 0.659. The first kappa shape index (κ1) is 19.2. The highest BCUT2D eigenvalue weighted by Gasteiger charge is 2.50. The van der Waals surface area contributed by atoms with Crippen molar-refractivity contribution in [3.8, 4) is 0 Å². The van der Waals surface area contributed by atoms with E-state index in [0.29, 0.717) is 18.4 Å². The van der Waals surface area contributed by atoms with Crippen molar-refractivity contribution in [1.29, 1.82) is 0 Å². The van der Waals surface area contributed by atoms with Crippen LogP contribution in [0.3, 0.4) is 0 Å². The number of primary amides is 1. The molecule has 1 amide bonds. The van der Waals surface area contributed by atoms with Gasteiger partial charge in [0.2, 0.25) is 0 Å². The summed E-state index contributed by atoms with van der Waals surface area (Å²) in [5.74, 6) is -4.21. The van der Waals surface area contributed by atoms with E-state index in [-0.39, 0.29) is 41.1 Å². The molecule has 3 unspecified atom stereocenters. The van der Waals surface area contributed by atoms with Crippen molar-refractivity contribution >= 4 is 23.2 Å². The Kier molecular flexibility index (Phi) is 4.29. The van der Waals surface area contributed by atoms with Gasteiger partial charge in [-0.25, -0.2) is 0 Å². The number of nitrogens with two attached hydrogens (primary N) is 1. The average Bonchev–Trinajstić information content (AvgIpc) is 2.60. The van der Waals surface area contributed by atoms with Gasteiger partial charge in [0.25, 0.3) is 5.91 Å². The predicted octanol–water partition coefficient (Wildman–Crippen LogP) is 2.13. The monoisotopic (exact) mass is 396 g/mol. The third-order valence-corrected chi connectivity index (χ3v) is 6.46. The fourth-order valence-corrected chi connectivity index (χ4v) is 5.23. The number of aliphatic hydroxyl groups is 2. The number of carbonyl (C=O) groups excluding carboxylic acids is 3. The number of allylic oxidation sites excluding steroid dienone is 3. The zero-order valence-electron chi connectivity index (χ0n) is 16.7. The highest BCUT2D eigenvalue weighted by Crippen LogP contribution is 2.49. The summed E-state index contributed by atoms with van der Waals surface area (Å²) in [4.78, 5) is 39.8. The van der Waals surface area contributed by atoms with E-state index in [4.69, 9.17) is 5.73 Å². The van der Waals surface area contributed by atoms with Crippen LogP contribution in [0.1, 0.15) is 34.3 Å². The molecule has 0 saturated carbocycles. The maximum atomic E-state index is 13.4. The maximum Gasteiger partial charge on any atom is 0.255 e. The highest BCUT2D eigenvalue weighted by atomic mass is 16.3. The maximum absolute atomic E-state index is 13.4. The molecule has 4 N–H and O–H groups in total. The van der Waals surface area contributed by atoms with Gasteiger partial charge in [-0.05, 0) is 48.8 Å². The molecule has 7 heteroatoms. The van der Waals surface area contributed by atoms with Crippen LogP contribution < -0.4 is 10.6 Å². The van der Waals surface area contributed by atoms with Gasteiger partial charge in [0.1, 0.15) is 17.1 Å². The second-order valence-corrected chi connectivity index (χ2v) is 8.41. The number of hydrogen-bond donors (Lipinski definition) is 3. The first-order valence-corrected chi connectivity index (χ1v) is 9.67. The Morgan fingerprint density at radius 2 is 1.86 bits per heavy atom. The highest BCUT2D eigenvalue weighted by molar-refractivity contribution is 6.22. The van der Waals surface area contributed by atoms with Crippen molar-refractivity contribution in [3.05, 3.63) is 51.5 Å². The summed E-state index contributed by atoms with van der Waals surface area (Å²) in [5, 5.41) is 21.2. The number of fused-ring (bicyclic) bond motifs is 3. The van der Waals surface area contributed by atoms with Gasteiger partial charge in [-0.15, -0.1) is 0 Å². The van der Waals surface area contributed by atoms with Crippen molar-refractivity contribution in [2.75, 3.05) is 19.0 Å². The normalized spacial score (nSPS) is 26.1. The van der Waals surface area contributed by atoms with Crippen molar-refractivity contribution in [2.24, 2.45) is 23.5 Å². The van der Waals surface area contributed by atoms with E-state index < -0.39 is 23.2 Å². The lowest BCUT2D eigenvalue weighted by molar-refractivity contribution is -0.126. The molecule has 1 aromatic carbocycles. The van der Waals surface area contributed by atoms with E-state index in [1.165, 1.54) is 0 Å². The topological polar surface area (TPSA) is 121 Å². The molecule has 0 heterocycles. The Morgan fingerprint density at radius 1 is 1.17 bits per heavy atom. The zero-order valence-corrected chi connectivity index (χ0v) is 16.7. The Labute approximate surface area is 168 Å². The number of rotatable bonds is 2. The number of benzene rings is 1. The smallest absolute Gasteiger partial charge is 0.255 e. The summed E-state index contributed by atoms with van der Waals surface area (Å²) in [7, 11) is 3.84. The molecular weight excluding hydrogens is 372 g/mol. The Morgan fingerprint density at radius 3 is 2.48 bits per heavy atom. The number of hydrogen-bond acceptors (Lipinski definition) is 6. The lowest BCUT2D eigenvalue weighted by atomic mass is 9.62. The molecule has 3 aliphatic rings. The molecule has 152 valence electrons. The Hall–Kier alpha value is -3.09. The minimum absolute atomic E-state index is 0.0813. The molecule has 0 saturated heterocycles. The van der Waals surface area contributed by atoms with Gasteiger partial charge in [0.05, 0.1) is 5.92 Å². The molecule has 0 fully saturated rings. The van der Waals surface area contributed by atoms with Crippen LogP contribution in [-0.2, 0) is 16.0 Å². The van der Waals surface area contributed by atoms with Crippen molar-refractivity contribution in [2.45, 2.75) is 26.2 Å². The van der Waals surface area contributed by atoms with E-state index in [0.717, 1.165) is 16.8 Å². The van der Waals surface area contributed by atoms with E-state index in [1.807, 2.05) is 38.1 Å². The standard InChI is InChI=1S/C22H24N2O5/c1-9-4-5-13(24(2)3)12-7-10-6-11-8-14(25)18(22(23)29)21(28)17(11)20(27)16(10)19(26)15(9)12/h4-5,10-11,17,25,27H,6-8H2,1-3H3,(H2,23,29). The minimum Gasteiger partial charge on any atom is -0.511 e. The van der Waals surface area contributed by atoms with Gasteiger partial charge in [-0.2, -0.15) is 0 Å². The van der Waals surface area contributed by atoms with Crippen LogP contribution in [-0.4, -0.2) is 41.8 Å². The Bertz CT molecular complexity index is 1030. The molecule has 0 radical (unpaired) electrons. The van der Waals surface area contributed by atoms with Gasteiger partial charge in [-0.3, -0.25) is 14.4 Å². The van der Waals surface area contributed by atoms with Crippen LogP contribution >= 0.6 is 0 Å². The molecule has 1 aromatic rings. The Balaban J connectivity index is 1.87. The summed E-state index contributed by atoms with van der Waals surface area (Å²) < 4.78 is 0. The van der Waals surface area contributed by atoms with Crippen molar-refractivity contribution in [3.63, 3.8) is 0 Å². The first-order chi connectivity index (χ1) is 13.6. The molecule has 7 nitrogen and oxygen atoms in total. The number of amides is 1. The lowest BCUT2D eigenvalue weighted by Crippen LogP contribution is -2.43. The third kappa shape index (κ3) is 2.68. The lowest BCUT2D eigenvalue weighted by Gasteiger charge is -2.41. The average molecular weight is 396 g/mol. The SMILES string of the molecule is Cc1ccc(N(C)C)c2c1C(=O)C1=C(O)C3C(=O)C(C(N)=O)=C(O)CC3CC1C2. The van der Waals surface area contributed by atoms with E-state index in [2.05, 4.69) is 0 Å². The van der Waals surface area contributed by atoms with Crippen molar-refractivity contribution in [1.82, 2.24) is 0 Å². The van der Waals surface area contributed by atoms with Gasteiger partial charge in [0, 0.05) is 37.3 Å². The fraction of sp³-hybridized carbons (Fsp3) is 0.409. The number of nitrogens with zero attached hydrogens (tertiary/aromatic N) is 1. The summed E-state index contributed by atoms with van der Waals surface area (Å²) in [6.07, 6.45) is 1.12. The number of ketones is 2. The van der Waals surface area contributed by atoms with Gasteiger partial charge < -0.3 is 20.8 Å². The van der Waals surface area contributed by atoms with Crippen LogP contribution in [0.4, 0.5) is 5.69 Å². The van der Waals surface area contributed by atoms with E-state index in [1.54, 1.807) is 0 Å². The van der Waals surface area contributed by atoms with Crippen molar-refractivity contribution < 1.29 is 24.6 Å². The third-order valence-electron chi connectivity index (χ3n) is 6.46. The second kappa shape index (κ2) is 6.47. The first-order valence-electron chi connectivity index (χ1n) is 9.67. The minimum atomic E-state index is -1.02. The molecule has 0 spiro atoms. The summed E-state index contributed by atoms with van der Waals surface area (Å²) in [6, 6.07) is 3.87. The van der Waals surface area contributed by atoms with Gasteiger partial charge in [-0.1, -0.05) is 6.07 Å². The van der Waals surface area contributed by atoms with Crippen LogP contribution in [0.5, 0.6) is 0 Å². The van der Waals surface area contributed by atoms with Crippen LogP contribution in [0.25, 0.3) is 0 Å². The summed E-state index contributed by atoms with van der Waals surface area (Å²) >= 11 is 0. The second-order valence-electron chi connectivity index (χ2n) is 8.41. The van der Waals surface area contributed by atoms with Crippen LogP contribution in [0.2, 0.25) is 0 Å². The number of aliphatic hydroxyl groups excluding tert-OH is 2. The molecule has 0 bridgehead atoms. The zero-order chi connectivity index (χ0) is 21.2. The molecular formula is C22H24N2O5. The predicted molar refractivity (Wildman–Crippen MR) is 107 cm³/mol. The molecule has 0 aromatic heterocycles. The van der Waals surface area contributed by atoms with Gasteiger partial charge >= 0.3 is 0 Å². The molecule has 3 aliphatic carbocycles. The fourth-order valence-electron chi connectivity index (χ4n) is 5.23. The number of aryl methyl sites for hydroxylation is 1.